The maximum Gasteiger partial charge on any atom is 0.410 e. The molecule has 0 atom stereocenters. The molecule has 0 saturated heterocycles. The van der Waals surface area contributed by atoms with Gasteiger partial charge in [0, 0.05) is 42.2 Å². The summed E-state index contributed by atoms with van der Waals surface area (Å²) in [6.45, 7) is 6.88. The highest BCUT2D eigenvalue weighted by molar-refractivity contribution is 6.34. The van der Waals surface area contributed by atoms with Gasteiger partial charge in [0.15, 0.2) is 0 Å². The average Bonchev–Trinajstić information content (AvgIpc) is 2.88. The standard InChI is InChI=1S/C18H21ClN2O2/c1-18(2,3)23-17(22)21-9-8-15-12(11-21)10-16(20-15)13-6-4-5-7-14(13)19/h4-7H,8-11H2,1-3H3. The summed E-state index contributed by atoms with van der Waals surface area (Å²) in [5.41, 5.74) is 3.79. The predicted octanol–water partition coefficient (Wildman–Crippen LogP) is 4.43. The van der Waals surface area contributed by atoms with Crippen LogP contribution in [-0.2, 0) is 4.74 Å². The fourth-order valence-electron chi connectivity index (χ4n) is 2.85. The molecule has 5 heteroatoms. The largest absolute Gasteiger partial charge is 0.444 e. The molecular weight excluding hydrogens is 312 g/mol. The van der Waals surface area contributed by atoms with Crippen LogP contribution in [0.25, 0.3) is 0 Å². The topological polar surface area (TPSA) is 41.9 Å². The Kier molecular flexibility index (Phi) is 4.19. The van der Waals surface area contributed by atoms with E-state index in [0.717, 1.165) is 34.8 Å². The van der Waals surface area contributed by atoms with Crippen molar-refractivity contribution >= 4 is 23.4 Å². The summed E-state index contributed by atoms with van der Waals surface area (Å²) in [5.74, 6) is 0. The van der Waals surface area contributed by atoms with Crippen molar-refractivity contribution in [3.05, 3.63) is 46.1 Å². The second-order valence-corrected chi connectivity index (χ2v) is 7.32. The van der Waals surface area contributed by atoms with Crippen molar-refractivity contribution in [3.8, 4) is 0 Å². The molecule has 1 aromatic carbocycles. The lowest BCUT2D eigenvalue weighted by Gasteiger charge is -2.30. The van der Waals surface area contributed by atoms with Gasteiger partial charge in [-0.2, -0.15) is 0 Å². The van der Waals surface area contributed by atoms with Crippen molar-refractivity contribution in [2.45, 2.75) is 39.2 Å². The molecule has 0 bridgehead atoms. The Morgan fingerprint density at radius 3 is 2.74 bits per heavy atom. The lowest BCUT2D eigenvalue weighted by Crippen LogP contribution is -2.40. The van der Waals surface area contributed by atoms with E-state index in [1.54, 1.807) is 4.90 Å². The summed E-state index contributed by atoms with van der Waals surface area (Å²) in [5, 5.41) is 0.718. The smallest absolute Gasteiger partial charge is 0.410 e. The number of aliphatic imine (C=N–C) groups is 1. The number of carbonyl (C=O) groups excluding carboxylic acids is 1. The highest BCUT2D eigenvalue weighted by Gasteiger charge is 2.30. The van der Waals surface area contributed by atoms with Gasteiger partial charge in [0.25, 0.3) is 0 Å². The fraction of sp³-hybridized carbons (Fsp3) is 0.444. The van der Waals surface area contributed by atoms with E-state index in [0.29, 0.717) is 13.1 Å². The minimum absolute atomic E-state index is 0.254. The maximum atomic E-state index is 12.2. The third-order valence-corrected chi connectivity index (χ3v) is 4.23. The van der Waals surface area contributed by atoms with Gasteiger partial charge >= 0.3 is 6.09 Å². The molecule has 0 saturated carbocycles. The molecule has 1 aromatic rings. The van der Waals surface area contributed by atoms with Crippen LogP contribution in [0, 0.1) is 0 Å². The van der Waals surface area contributed by atoms with Gasteiger partial charge in [-0.05, 0) is 32.4 Å². The molecule has 2 aliphatic heterocycles. The number of nitrogens with zero attached hydrogens (tertiary/aromatic N) is 2. The van der Waals surface area contributed by atoms with E-state index in [9.17, 15) is 4.79 Å². The quantitative estimate of drug-likeness (QED) is 0.763. The van der Waals surface area contributed by atoms with E-state index < -0.39 is 5.60 Å². The zero-order chi connectivity index (χ0) is 16.6. The number of amides is 1. The molecule has 23 heavy (non-hydrogen) atoms. The Balaban J connectivity index is 1.70. The van der Waals surface area contributed by atoms with Crippen molar-refractivity contribution in [3.63, 3.8) is 0 Å². The van der Waals surface area contributed by atoms with Crippen molar-refractivity contribution < 1.29 is 9.53 Å². The van der Waals surface area contributed by atoms with Crippen LogP contribution in [0.4, 0.5) is 4.79 Å². The first kappa shape index (κ1) is 16.1. The SMILES string of the molecule is CC(C)(C)OC(=O)N1CCC2=C(CC(c3ccccc3Cl)=N2)C1. The lowest BCUT2D eigenvalue weighted by molar-refractivity contribution is 0.0259. The Morgan fingerprint density at radius 1 is 1.30 bits per heavy atom. The van der Waals surface area contributed by atoms with Gasteiger partial charge in [-0.25, -0.2) is 4.79 Å². The zero-order valence-electron chi connectivity index (χ0n) is 13.7. The van der Waals surface area contributed by atoms with Crippen molar-refractivity contribution in [2.75, 3.05) is 13.1 Å². The summed E-state index contributed by atoms with van der Waals surface area (Å²) in [6, 6.07) is 7.75. The molecule has 0 aliphatic carbocycles. The van der Waals surface area contributed by atoms with Gasteiger partial charge in [0.05, 0.1) is 5.71 Å². The highest BCUT2D eigenvalue weighted by atomic mass is 35.5. The minimum Gasteiger partial charge on any atom is -0.444 e. The van der Waals surface area contributed by atoms with E-state index >= 15 is 0 Å². The van der Waals surface area contributed by atoms with Gasteiger partial charge in [-0.3, -0.25) is 4.99 Å². The first-order chi connectivity index (χ1) is 10.8. The first-order valence-corrected chi connectivity index (χ1v) is 8.22. The molecule has 2 heterocycles. The highest BCUT2D eigenvalue weighted by Crippen LogP contribution is 2.32. The number of hydrogen-bond acceptors (Lipinski definition) is 3. The maximum absolute atomic E-state index is 12.2. The molecule has 0 fully saturated rings. The van der Waals surface area contributed by atoms with Gasteiger partial charge in [0.2, 0.25) is 0 Å². The van der Waals surface area contributed by atoms with Crippen LogP contribution >= 0.6 is 11.6 Å². The van der Waals surface area contributed by atoms with E-state index in [1.807, 2.05) is 45.0 Å². The molecule has 4 nitrogen and oxygen atoms in total. The molecule has 0 aromatic heterocycles. The van der Waals surface area contributed by atoms with Crippen LogP contribution in [-0.4, -0.2) is 35.4 Å². The number of benzene rings is 1. The molecule has 122 valence electrons. The van der Waals surface area contributed by atoms with Gasteiger partial charge in [0.1, 0.15) is 5.60 Å². The average molecular weight is 333 g/mol. The zero-order valence-corrected chi connectivity index (χ0v) is 14.5. The Morgan fingerprint density at radius 2 is 2.04 bits per heavy atom. The monoisotopic (exact) mass is 332 g/mol. The minimum atomic E-state index is -0.472. The molecule has 2 aliphatic rings. The van der Waals surface area contributed by atoms with Crippen LogP contribution in [0.1, 0.15) is 39.2 Å². The van der Waals surface area contributed by atoms with Crippen molar-refractivity contribution in [2.24, 2.45) is 4.99 Å². The molecular formula is C18H21ClN2O2. The van der Waals surface area contributed by atoms with E-state index in [1.165, 1.54) is 5.57 Å². The van der Waals surface area contributed by atoms with Crippen LogP contribution in [0.2, 0.25) is 5.02 Å². The number of halogens is 1. The van der Waals surface area contributed by atoms with E-state index in [4.69, 9.17) is 21.3 Å². The second-order valence-electron chi connectivity index (χ2n) is 6.92. The van der Waals surface area contributed by atoms with Crippen molar-refractivity contribution in [1.29, 1.82) is 0 Å². The molecule has 0 unspecified atom stereocenters. The third-order valence-electron chi connectivity index (χ3n) is 3.90. The molecule has 3 rings (SSSR count). The van der Waals surface area contributed by atoms with Crippen LogP contribution < -0.4 is 0 Å². The number of carbonyl (C=O) groups is 1. The van der Waals surface area contributed by atoms with Crippen LogP contribution in [0.5, 0.6) is 0 Å². The van der Waals surface area contributed by atoms with Crippen LogP contribution in [0.15, 0.2) is 40.5 Å². The molecule has 0 radical (unpaired) electrons. The Bertz CT molecular complexity index is 701. The molecule has 0 N–H and O–H groups in total. The number of hydrogen-bond donors (Lipinski definition) is 0. The van der Waals surface area contributed by atoms with Gasteiger partial charge in [-0.1, -0.05) is 29.8 Å². The summed E-state index contributed by atoms with van der Waals surface area (Å²) in [7, 11) is 0. The van der Waals surface area contributed by atoms with Crippen LogP contribution in [0.3, 0.4) is 0 Å². The van der Waals surface area contributed by atoms with E-state index in [2.05, 4.69) is 0 Å². The van der Waals surface area contributed by atoms with E-state index in [-0.39, 0.29) is 6.09 Å². The van der Waals surface area contributed by atoms with Crippen molar-refractivity contribution in [1.82, 2.24) is 4.90 Å². The lowest BCUT2D eigenvalue weighted by atomic mass is 10.0. The molecule has 0 spiro atoms. The molecule has 1 amide bonds. The Labute approximate surface area is 141 Å². The summed E-state index contributed by atoms with van der Waals surface area (Å²) < 4.78 is 5.46. The summed E-state index contributed by atoms with van der Waals surface area (Å²) in [6.07, 6.45) is 1.26. The Hall–Kier alpha value is -1.81. The summed E-state index contributed by atoms with van der Waals surface area (Å²) >= 11 is 6.27. The second kappa shape index (κ2) is 6.00. The number of ether oxygens (including phenoxy) is 1. The fourth-order valence-corrected chi connectivity index (χ4v) is 3.09. The normalized spacial score (nSPS) is 17.9. The predicted molar refractivity (Wildman–Crippen MR) is 92.1 cm³/mol. The van der Waals surface area contributed by atoms with Gasteiger partial charge < -0.3 is 9.64 Å². The first-order valence-electron chi connectivity index (χ1n) is 7.85. The van der Waals surface area contributed by atoms with Gasteiger partial charge in [-0.15, -0.1) is 0 Å². The summed E-state index contributed by atoms with van der Waals surface area (Å²) in [4.78, 5) is 18.7. The number of rotatable bonds is 1. The third kappa shape index (κ3) is 3.58.